The maximum atomic E-state index is 12.7. The summed E-state index contributed by atoms with van der Waals surface area (Å²) in [5, 5.41) is 2.89. The van der Waals surface area contributed by atoms with E-state index in [2.05, 4.69) is 10.1 Å². The monoisotopic (exact) mass is 424 g/mol. The Bertz CT molecular complexity index is 667. The molecule has 0 aliphatic heterocycles. The molecule has 1 saturated carbocycles. The molecule has 1 aromatic rings. The number of nitrogens with one attached hydrogen (secondary N) is 1. The highest BCUT2D eigenvalue weighted by atomic mass is 35.5. The summed E-state index contributed by atoms with van der Waals surface area (Å²) in [4.78, 5) is 12.7. The Morgan fingerprint density at radius 2 is 1.89 bits per heavy atom. The van der Waals surface area contributed by atoms with Crippen molar-refractivity contribution in [2.45, 2.75) is 58.0 Å². The molecule has 0 aromatic heterocycles. The van der Waals surface area contributed by atoms with Gasteiger partial charge in [-0.2, -0.15) is 13.2 Å². The first-order valence-corrected chi connectivity index (χ1v) is 8.91. The third kappa shape index (κ3) is 5.10. The highest BCUT2D eigenvalue weighted by Crippen LogP contribution is 2.50. The second kappa shape index (κ2) is 8.88. The predicted octanol–water partition coefficient (Wildman–Crippen LogP) is 3.76. The minimum absolute atomic E-state index is 0. The first kappa shape index (κ1) is 24.5. The number of nitrogens with two attached hydrogens (primary N) is 1. The number of carbonyl (C=O) groups is 1. The molecule has 1 aliphatic rings. The second-order valence-corrected chi connectivity index (χ2v) is 7.51. The van der Waals surface area contributed by atoms with E-state index in [0.717, 1.165) is 5.56 Å². The largest absolute Gasteiger partial charge is 0.484 e. The van der Waals surface area contributed by atoms with Crippen LogP contribution in [0.15, 0.2) is 24.3 Å². The van der Waals surface area contributed by atoms with Crippen LogP contribution in [0.3, 0.4) is 0 Å². The van der Waals surface area contributed by atoms with Crippen LogP contribution in [0, 0.1) is 5.41 Å². The van der Waals surface area contributed by atoms with Crippen LogP contribution >= 0.6 is 12.4 Å². The van der Waals surface area contributed by atoms with Crippen LogP contribution in [0.25, 0.3) is 0 Å². The van der Waals surface area contributed by atoms with Gasteiger partial charge in [0.1, 0.15) is 11.3 Å². The summed E-state index contributed by atoms with van der Waals surface area (Å²) >= 11 is 0. The average molecular weight is 425 g/mol. The standard InChI is InChI=1S/C19H27F3N2O3.ClH/c1-5-26-15-10-18(23,17(15,3)4)16(25)24-12(2)13-6-8-14(9-7-13)27-11-19(20,21)22;/h6-9,12,15H,5,10-11,23H2,1-4H3,(H,24,25);1H. The fourth-order valence-electron chi connectivity index (χ4n) is 3.25. The molecular weight excluding hydrogens is 397 g/mol. The van der Waals surface area contributed by atoms with Crippen LogP contribution in [0.4, 0.5) is 13.2 Å². The Kier molecular flexibility index (Phi) is 7.78. The van der Waals surface area contributed by atoms with E-state index in [9.17, 15) is 18.0 Å². The zero-order valence-electron chi connectivity index (χ0n) is 16.4. The Morgan fingerprint density at radius 3 is 2.36 bits per heavy atom. The lowest BCUT2D eigenvalue weighted by Gasteiger charge is -2.57. The number of halogens is 4. The van der Waals surface area contributed by atoms with Crippen molar-refractivity contribution >= 4 is 18.3 Å². The Labute approximate surface area is 169 Å². The van der Waals surface area contributed by atoms with Crippen LogP contribution in [-0.2, 0) is 9.53 Å². The van der Waals surface area contributed by atoms with Crippen molar-refractivity contribution in [1.29, 1.82) is 0 Å². The van der Waals surface area contributed by atoms with Gasteiger partial charge in [-0.15, -0.1) is 12.4 Å². The Hall–Kier alpha value is -1.51. The molecule has 3 N–H and O–H groups in total. The third-order valence-corrected chi connectivity index (χ3v) is 5.37. The molecule has 5 nitrogen and oxygen atoms in total. The molecule has 3 atom stereocenters. The quantitative estimate of drug-likeness (QED) is 0.699. The molecule has 0 heterocycles. The highest BCUT2D eigenvalue weighted by Gasteiger charge is 2.62. The maximum absolute atomic E-state index is 12.7. The molecular formula is C19H28ClF3N2O3. The van der Waals surface area contributed by atoms with E-state index in [0.29, 0.717) is 13.0 Å². The fourth-order valence-corrected chi connectivity index (χ4v) is 3.25. The second-order valence-electron chi connectivity index (χ2n) is 7.51. The zero-order valence-corrected chi connectivity index (χ0v) is 17.2. The number of benzene rings is 1. The van der Waals surface area contributed by atoms with E-state index >= 15 is 0 Å². The van der Waals surface area contributed by atoms with Crippen molar-refractivity contribution in [3.63, 3.8) is 0 Å². The number of rotatable bonds is 7. The van der Waals surface area contributed by atoms with Gasteiger partial charge < -0.3 is 20.5 Å². The molecule has 0 radical (unpaired) electrons. The molecule has 1 aliphatic carbocycles. The van der Waals surface area contributed by atoms with Crippen LogP contribution in [0.1, 0.15) is 45.7 Å². The van der Waals surface area contributed by atoms with Crippen molar-refractivity contribution in [2.75, 3.05) is 13.2 Å². The van der Waals surface area contributed by atoms with E-state index in [1.807, 2.05) is 20.8 Å². The summed E-state index contributed by atoms with van der Waals surface area (Å²) in [5.41, 5.74) is 5.57. The van der Waals surface area contributed by atoms with E-state index in [1.54, 1.807) is 19.1 Å². The van der Waals surface area contributed by atoms with E-state index in [1.165, 1.54) is 12.1 Å². The number of carbonyl (C=O) groups excluding carboxylic acids is 1. The van der Waals surface area contributed by atoms with Gasteiger partial charge in [0.15, 0.2) is 6.61 Å². The van der Waals surface area contributed by atoms with E-state index < -0.39 is 23.7 Å². The summed E-state index contributed by atoms with van der Waals surface area (Å²) in [7, 11) is 0. The molecule has 160 valence electrons. The number of alkyl halides is 3. The molecule has 0 saturated heterocycles. The summed E-state index contributed by atoms with van der Waals surface area (Å²) in [6, 6.07) is 5.78. The van der Waals surface area contributed by atoms with Gasteiger partial charge in [0, 0.05) is 18.4 Å². The minimum Gasteiger partial charge on any atom is -0.484 e. The van der Waals surface area contributed by atoms with Crippen molar-refractivity contribution in [3.8, 4) is 5.75 Å². The number of hydrogen-bond donors (Lipinski definition) is 2. The van der Waals surface area contributed by atoms with Gasteiger partial charge in [-0.3, -0.25) is 4.79 Å². The topological polar surface area (TPSA) is 73.6 Å². The Morgan fingerprint density at radius 1 is 1.32 bits per heavy atom. The Balaban J connectivity index is 0.00000392. The first-order valence-electron chi connectivity index (χ1n) is 8.91. The lowest BCUT2D eigenvalue weighted by molar-refractivity contribution is -0.171. The van der Waals surface area contributed by atoms with Crippen molar-refractivity contribution < 1.29 is 27.4 Å². The van der Waals surface area contributed by atoms with Crippen LogP contribution in [0.5, 0.6) is 5.75 Å². The summed E-state index contributed by atoms with van der Waals surface area (Å²) < 4.78 is 46.9. The predicted molar refractivity (Wildman–Crippen MR) is 103 cm³/mol. The molecule has 3 unspecified atom stereocenters. The molecule has 0 bridgehead atoms. The van der Waals surface area contributed by atoms with Gasteiger partial charge in [0.05, 0.1) is 12.1 Å². The van der Waals surface area contributed by atoms with Crippen LogP contribution < -0.4 is 15.8 Å². The van der Waals surface area contributed by atoms with Gasteiger partial charge in [0.2, 0.25) is 5.91 Å². The summed E-state index contributed by atoms with van der Waals surface area (Å²) in [6.45, 7) is 6.73. The van der Waals surface area contributed by atoms with Gasteiger partial charge in [0.25, 0.3) is 0 Å². The maximum Gasteiger partial charge on any atom is 0.422 e. The normalized spacial score (nSPS) is 24.5. The van der Waals surface area contributed by atoms with Gasteiger partial charge in [-0.25, -0.2) is 0 Å². The van der Waals surface area contributed by atoms with Crippen molar-refractivity contribution in [1.82, 2.24) is 5.32 Å². The molecule has 1 aromatic carbocycles. The van der Waals surface area contributed by atoms with Crippen molar-refractivity contribution in [3.05, 3.63) is 29.8 Å². The smallest absolute Gasteiger partial charge is 0.422 e. The van der Waals surface area contributed by atoms with Gasteiger partial charge in [-0.05, 0) is 31.5 Å². The van der Waals surface area contributed by atoms with Gasteiger partial charge >= 0.3 is 6.18 Å². The van der Waals surface area contributed by atoms with Crippen molar-refractivity contribution in [2.24, 2.45) is 11.1 Å². The van der Waals surface area contributed by atoms with Crippen LogP contribution in [-0.4, -0.2) is 36.9 Å². The lowest BCUT2D eigenvalue weighted by atomic mass is 9.54. The van der Waals surface area contributed by atoms with Gasteiger partial charge in [-0.1, -0.05) is 26.0 Å². The fraction of sp³-hybridized carbons (Fsp3) is 0.632. The van der Waals surface area contributed by atoms with Crippen LogP contribution in [0.2, 0.25) is 0 Å². The number of ether oxygens (including phenoxy) is 2. The zero-order chi connectivity index (χ0) is 20.5. The SMILES string of the molecule is CCOC1CC(N)(C(=O)NC(C)c2ccc(OCC(F)(F)F)cc2)C1(C)C.Cl. The minimum atomic E-state index is -4.38. The molecule has 9 heteroatoms. The lowest BCUT2D eigenvalue weighted by Crippen LogP contribution is -2.75. The molecule has 1 amide bonds. The highest BCUT2D eigenvalue weighted by molar-refractivity contribution is 5.89. The molecule has 1 fully saturated rings. The molecule has 28 heavy (non-hydrogen) atoms. The average Bonchev–Trinajstić information content (AvgIpc) is 2.59. The molecule has 2 rings (SSSR count). The first-order chi connectivity index (χ1) is 12.4. The number of amides is 1. The van der Waals surface area contributed by atoms with E-state index in [-0.39, 0.29) is 36.2 Å². The summed E-state index contributed by atoms with van der Waals surface area (Å²) in [5.74, 6) is -0.155. The summed E-state index contributed by atoms with van der Waals surface area (Å²) in [6.07, 6.45) is -4.01. The third-order valence-electron chi connectivity index (χ3n) is 5.37. The van der Waals surface area contributed by atoms with E-state index in [4.69, 9.17) is 10.5 Å². The number of hydrogen-bond acceptors (Lipinski definition) is 4. The molecule has 0 spiro atoms.